The predicted molar refractivity (Wildman–Crippen MR) is 49.7 cm³/mol. The average molecular weight is 291 g/mol. The van der Waals surface area contributed by atoms with Gasteiger partial charge >= 0.3 is 95.2 Å². The fraction of sp³-hybridized carbons (Fsp3) is 0.571. The van der Waals surface area contributed by atoms with Gasteiger partial charge in [0.15, 0.2) is 0 Å². The Morgan fingerprint density at radius 3 is 2.17 bits per heavy atom. The third-order valence-corrected chi connectivity index (χ3v) is 5.16. The van der Waals surface area contributed by atoms with E-state index in [2.05, 4.69) is 14.8 Å². The van der Waals surface area contributed by atoms with Crippen molar-refractivity contribution < 1.29 is 46.4 Å². The molecule has 0 heterocycles. The molecular formula is C7H17NaO3Sn. The summed E-state index contributed by atoms with van der Waals surface area (Å²) in [4.78, 5) is 16.9. The van der Waals surface area contributed by atoms with Crippen molar-refractivity contribution in [2.24, 2.45) is 0 Å². The Morgan fingerprint density at radius 2 is 1.92 bits per heavy atom. The summed E-state index contributed by atoms with van der Waals surface area (Å²) >= 11 is -1.72. The molecule has 0 saturated heterocycles. The van der Waals surface area contributed by atoms with Gasteiger partial charge in [0.05, 0.1) is 0 Å². The van der Waals surface area contributed by atoms with Crippen LogP contribution in [0.15, 0.2) is 12.2 Å². The minimum Gasteiger partial charge on any atom is -1.00 e. The number of carbonyl (C=O) groups is 1. The van der Waals surface area contributed by atoms with E-state index in [1.54, 1.807) is 6.08 Å². The van der Waals surface area contributed by atoms with Gasteiger partial charge < -0.3 is 6.90 Å². The number of hydrogen-bond donors (Lipinski definition) is 1. The predicted octanol–water partition coefficient (Wildman–Crippen LogP) is -1.74. The van der Waals surface area contributed by atoms with Crippen LogP contribution in [0.4, 0.5) is 0 Å². The van der Waals surface area contributed by atoms with E-state index in [1.807, 2.05) is 0 Å². The molecule has 0 atom stereocenters. The Hall–Kier alpha value is 0.969. The van der Waals surface area contributed by atoms with Gasteiger partial charge in [-0.2, -0.15) is 0 Å². The summed E-state index contributed by atoms with van der Waals surface area (Å²) in [5.41, 5.74) is 0. The molecule has 0 saturated carbocycles. The maximum atomic E-state index is 10.0. The Kier molecular flexibility index (Phi) is 13.3. The summed E-state index contributed by atoms with van der Waals surface area (Å²) < 4.78 is 1.01. The van der Waals surface area contributed by atoms with Crippen molar-refractivity contribution >= 4 is 24.3 Å². The fourth-order valence-electron chi connectivity index (χ4n) is 0.513. The van der Waals surface area contributed by atoms with Crippen molar-refractivity contribution in [2.75, 3.05) is 0 Å². The van der Waals surface area contributed by atoms with Gasteiger partial charge in [0.2, 0.25) is 0 Å². The summed E-state index contributed by atoms with van der Waals surface area (Å²) in [5.74, 6) is -0.837. The summed E-state index contributed by atoms with van der Waals surface area (Å²) in [7, 11) is 0. The van der Waals surface area contributed by atoms with Crippen LogP contribution in [0.5, 0.6) is 0 Å². The fourth-order valence-corrected chi connectivity index (χ4v) is 2.87. The second-order valence-electron chi connectivity index (χ2n) is 3.51. The van der Waals surface area contributed by atoms with Crippen LogP contribution in [0.25, 0.3) is 0 Å². The molecule has 0 aromatic rings. The summed E-state index contributed by atoms with van der Waals surface area (Å²) in [6.45, 7) is 0. The zero-order chi connectivity index (χ0) is 8.20. The molecule has 0 bridgehead atoms. The minimum absolute atomic E-state index is 0. The third-order valence-electron chi connectivity index (χ3n) is 0.991. The smallest absolute Gasteiger partial charge is 1.00 e. The Bertz CT molecular complexity index is 156. The largest absolute Gasteiger partial charge is 1.00 e. The van der Waals surface area contributed by atoms with Crippen molar-refractivity contribution in [3.8, 4) is 0 Å². The SMILES string of the molecule is O.[CH3][Sn]([CH3])([CH3])[CH2]/C=C/C(=O)O.[H-].[Na+]. The quantitative estimate of drug-likeness (QED) is 0.495. The summed E-state index contributed by atoms with van der Waals surface area (Å²) in [6, 6.07) is 0. The monoisotopic (exact) mass is 292 g/mol. The molecule has 0 spiro atoms. The molecule has 0 radical (unpaired) electrons. The van der Waals surface area contributed by atoms with Gasteiger partial charge in [-0.3, -0.25) is 0 Å². The van der Waals surface area contributed by atoms with Gasteiger partial charge in [0.25, 0.3) is 0 Å². The molecule has 12 heavy (non-hydrogen) atoms. The van der Waals surface area contributed by atoms with E-state index in [-0.39, 0.29) is 36.5 Å². The molecule has 0 aliphatic heterocycles. The molecule has 0 unspecified atom stereocenters. The zero-order valence-corrected chi connectivity index (χ0v) is 13.1. The number of hydrogen-bond acceptors (Lipinski definition) is 1. The van der Waals surface area contributed by atoms with Crippen LogP contribution in [0.1, 0.15) is 1.43 Å². The first-order valence-electron chi connectivity index (χ1n) is 3.31. The van der Waals surface area contributed by atoms with E-state index in [0.717, 1.165) is 4.44 Å². The van der Waals surface area contributed by atoms with Gasteiger partial charge in [0.1, 0.15) is 0 Å². The van der Waals surface area contributed by atoms with Crippen molar-refractivity contribution in [3.63, 3.8) is 0 Å². The van der Waals surface area contributed by atoms with Crippen LogP contribution in [0.2, 0.25) is 19.3 Å². The topological polar surface area (TPSA) is 68.8 Å². The van der Waals surface area contributed by atoms with E-state index in [0.29, 0.717) is 0 Å². The molecule has 0 aromatic carbocycles. The molecule has 0 aliphatic rings. The molecule has 0 fully saturated rings. The van der Waals surface area contributed by atoms with Crippen LogP contribution in [0, 0.1) is 0 Å². The molecule has 0 aromatic heterocycles. The zero-order valence-electron chi connectivity index (χ0n) is 9.22. The van der Waals surface area contributed by atoms with Crippen molar-refractivity contribution in [1.82, 2.24) is 0 Å². The number of carboxylic acid groups (broad SMARTS) is 1. The molecule has 0 aliphatic carbocycles. The van der Waals surface area contributed by atoms with Gasteiger partial charge in [-0.15, -0.1) is 0 Å². The first-order chi connectivity index (χ1) is 4.42. The van der Waals surface area contributed by atoms with Crippen LogP contribution in [-0.4, -0.2) is 34.9 Å². The maximum Gasteiger partial charge on any atom is 1.00 e. The third kappa shape index (κ3) is 17.2. The van der Waals surface area contributed by atoms with Crippen LogP contribution in [0.3, 0.4) is 0 Å². The van der Waals surface area contributed by atoms with E-state index in [1.165, 1.54) is 6.08 Å². The Morgan fingerprint density at radius 1 is 1.50 bits per heavy atom. The van der Waals surface area contributed by atoms with Crippen molar-refractivity contribution in [2.45, 2.75) is 19.3 Å². The molecular weight excluding hydrogens is 274 g/mol. The van der Waals surface area contributed by atoms with E-state index < -0.39 is 24.3 Å². The minimum atomic E-state index is -1.72. The summed E-state index contributed by atoms with van der Waals surface area (Å²) in [6.07, 6.45) is 3.01. The van der Waals surface area contributed by atoms with Crippen LogP contribution < -0.4 is 29.6 Å². The van der Waals surface area contributed by atoms with Crippen molar-refractivity contribution in [3.05, 3.63) is 12.2 Å². The van der Waals surface area contributed by atoms with E-state index in [9.17, 15) is 4.79 Å². The number of allylic oxidation sites excluding steroid dienone is 1. The molecule has 5 heteroatoms. The van der Waals surface area contributed by atoms with Crippen LogP contribution in [-0.2, 0) is 4.79 Å². The maximum absolute atomic E-state index is 10.0. The molecule has 0 rings (SSSR count). The second-order valence-corrected chi connectivity index (χ2v) is 19.3. The Balaban J connectivity index is -0.000000135. The number of aliphatic carboxylic acids is 1. The van der Waals surface area contributed by atoms with Gasteiger partial charge in [-0.1, -0.05) is 0 Å². The second kappa shape index (κ2) is 8.56. The molecule has 3 nitrogen and oxygen atoms in total. The standard InChI is InChI=1S/C4H5O2.3CH3.Na.H2O.Sn.H/c1-2-3-4(5)6;;;;;;;/h2-3H,1H2,(H,5,6);3*1H3;;1H2;;/q;;;;+1;;;-1/b3-2+;;;;;;;. The molecule has 0 amide bonds. The first kappa shape index (κ1) is 18.7. The van der Waals surface area contributed by atoms with Crippen molar-refractivity contribution in [1.29, 1.82) is 0 Å². The number of carboxylic acids is 1. The Labute approximate surface area is 101 Å². The first-order valence-corrected chi connectivity index (χ1v) is 13.9. The average Bonchev–Trinajstić information content (AvgIpc) is 1.59. The van der Waals surface area contributed by atoms with E-state index >= 15 is 0 Å². The molecule has 3 N–H and O–H groups in total. The van der Waals surface area contributed by atoms with E-state index in [4.69, 9.17) is 5.11 Å². The number of rotatable bonds is 3. The van der Waals surface area contributed by atoms with Gasteiger partial charge in [-0.25, -0.2) is 0 Å². The summed E-state index contributed by atoms with van der Waals surface area (Å²) in [5, 5.41) is 8.25. The van der Waals surface area contributed by atoms with Crippen LogP contribution >= 0.6 is 0 Å². The molecule has 68 valence electrons. The van der Waals surface area contributed by atoms with Gasteiger partial charge in [0, 0.05) is 0 Å². The normalized spacial score (nSPS) is 10.2. The van der Waals surface area contributed by atoms with Gasteiger partial charge in [-0.05, 0) is 0 Å².